The Kier molecular flexibility index (Phi) is 11.7. The van der Waals surface area contributed by atoms with Crippen LogP contribution in [0, 0.1) is 5.41 Å². The molecule has 0 N–H and O–H groups in total. The summed E-state index contributed by atoms with van der Waals surface area (Å²) in [5, 5.41) is 0. The zero-order valence-electron chi connectivity index (χ0n) is 22.8. The summed E-state index contributed by atoms with van der Waals surface area (Å²) in [6.07, 6.45) is -3.61. The molecule has 0 aliphatic carbocycles. The minimum Gasteiger partial charge on any atom is -0.465 e. The summed E-state index contributed by atoms with van der Waals surface area (Å²) in [7, 11) is 6.25. The smallest absolute Gasteiger partial charge is 0.465 e. The van der Waals surface area contributed by atoms with E-state index in [0.717, 1.165) is 22.2 Å². The van der Waals surface area contributed by atoms with Crippen LogP contribution in [-0.2, 0) is 56.0 Å². The van der Waals surface area contributed by atoms with Crippen molar-refractivity contribution in [2.24, 2.45) is 5.41 Å². The van der Waals surface area contributed by atoms with Gasteiger partial charge in [-0.1, -0.05) is 24.3 Å². The molecule has 0 aliphatic heterocycles. The van der Waals surface area contributed by atoms with E-state index in [1.807, 2.05) is 24.3 Å². The molecule has 37 heavy (non-hydrogen) atoms. The van der Waals surface area contributed by atoms with Crippen LogP contribution in [0.1, 0.15) is 45.7 Å². The van der Waals surface area contributed by atoms with E-state index in [2.05, 4.69) is 21.1 Å². The van der Waals surface area contributed by atoms with Crippen molar-refractivity contribution in [2.45, 2.75) is 60.0 Å². The second-order valence-corrected chi connectivity index (χ2v) is 10.2. The molecule has 11 nitrogen and oxygen atoms in total. The average molecular weight is 525 g/mol. The lowest BCUT2D eigenvalue weighted by Gasteiger charge is -2.26. The van der Waals surface area contributed by atoms with Gasteiger partial charge in [0.2, 0.25) is 0 Å². The molecule has 11 heteroatoms. The van der Waals surface area contributed by atoms with E-state index >= 15 is 0 Å². The van der Waals surface area contributed by atoms with Gasteiger partial charge in [-0.25, -0.2) is 9.59 Å². The van der Waals surface area contributed by atoms with E-state index in [0.29, 0.717) is 0 Å². The molecule has 0 saturated heterocycles. The number of hydrogen-bond acceptors (Lipinski definition) is 10. The van der Waals surface area contributed by atoms with Crippen LogP contribution in [0.25, 0.3) is 0 Å². The van der Waals surface area contributed by atoms with Gasteiger partial charge in [0.05, 0.1) is 21.1 Å². The van der Waals surface area contributed by atoms with Crippen molar-refractivity contribution < 1.29 is 52.1 Å². The first-order chi connectivity index (χ1) is 17.0. The van der Waals surface area contributed by atoms with Gasteiger partial charge in [-0.2, -0.15) is 0 Å². The van der Waals surface area contributed by atoms with Crippen LogP contribution < -0.4 is 0 Å². The normalized spacial score (nSPS) is 14.4. The number of ketones is 1. The van der Waals surface area contributed by atoms with Crippen LogP contribution in [-0.4, -0.2) is 80.9 Å². The van der Waals surface area contributed by atoms with Crippen LogP contribution >= 0.6 is 0 Å². The van der Waals surface area contributed by atoms with Crippen LogP contribution in [0.5, 0.6) is 0 Å². The molecule has 0 saturated carbocycles. The molecule has 1 rings (SSSR count). The standard InChI is InChI=1S/C26H38NO10/c1-17(28)18(2)36-23(30)19(3)37-25(32)35-16-26(5,15-34-20(4)29)24(31)33-14-22-11-9-21(10-12-22)13-27(6,7)8/h9-12,18-19H,13-16H2,1-8H3/q+1. The lowest BCUT2D eigenvalue weighted by atomic mass is 9.93. The Morgan fingerprint density at radius 1 is 0.811 bits per heavy atom. The first-order valence-electron chi connectivity index (χ1n) is 11.8. The second kappa shape index (κ2) is 13.7. The second-order valence-electron chi connectivity index (χ2n) is 10.2. The van der Waals surface area contributed by atoms with Gasteiger partial charge in [-0.05, 0) is 33.3 Å². The number of esters is 3. The highest BCUT2D eigenvalue weighted by Gasteiger charge is 2.39. The Bertz CT molecular complexity index is 967. The van der Waals surface area contributed by atoms with Crippen LogP contribution in [0.4, 0.5) is 4.79 Å². The Morgan fingerprint density at radius 3 is 1.86 bits per heavy atom. The van der Waals surface area contributed by atoms with Crippen molar-refractivity contribution in [3.05, 3.63) is 35.4 Å². The Labute approximate surface area is 217 Å². The maximum Gasteiger partial charge on any atom is 0.509 e. The van der Waals surface area contributed by atoms with E-state index in [-0.39, 0.29) is 12.4 Å². The predicted octanol–water partition coefficient (Wildman–Crippen LogP) is 2.57. The predicted molar refractivity (Wildman–Crippen MR) is 131 cm³/mol. The number of carbonyl (C=O) groups is 5. The molecule has 0 spiro atoms. The minimum atomic E-state index is -1.54. The molecular formula is C26H38NO10+. The quantitative estimate of drug-likeness (QED) is 0.215. The van der Waals surface area contributed by atoms with Gasteiger partial charge in [-0.15, -0.1) is 0 Å². The first kappa shape index (κ1) is 31.6. The molecule has 1 aromatic rings. The fourth-order valence-corrected chi connectivity index (χ4v) is 2.83. The van der Waals surface area contributed by atoms with Gasteiger partial charge in [0.1, 0.15) is 31.8 Å². The minimum absolute atomic E-state index is 0.0409. The number of nitrogens with zero attached hydrogens (tertiary/aromatic N) is 1. The third-order valence-electron chi connectivity index (χ3n) is 5.12. The summed E-state index contributed by atoms with van der Waals surface area (Å²) in [6, 6.07) is 7.60. The van der Waals surface area contributed by atoms with Crippen LogP contribution in [0.15, 0.2) is 24.3 Å². The Balaban J connectivity index is 2.75. The number of carbonyl (C=O) groups excluding carboxylic acids is 5. The maximum absolute atomic E-state index is 12.9. The summed E-state index contributed by atoms with van der Waals surface area (Å²) >= 11 is 0. The van der Waals surface area contributed by atoms with Crippen molar-refractivity contribution in [1.82, 2.24) is 0 Å². The molecule has 0 radical (unpaired) electrons. The molecule has 0 aromatic heterocycles. The lowest BCUT2D eigenvalue weighted by Crippen LogP contribution is -2.40. The number of rotatable bonds is 13. The number of quaternary nitrogens is 1. The van der Waals surface area contributed by atoms with Gasteiger partial charge in [0, 0.05) is 12.5 Å². The van der Waals surface area contributed by atoms with Gasteiger partial charge < -0.3 is 28.2 Å². The SMILES string of the molecule is CC(=O)OCC(C)(COC(=O)OC(C)C(=O)OC(C)C(C)=O)C(=O)OCc1ccc(C[N+](C)(C)C)cc1. The van der Waals surface area contributed by atoms with E-state index in [4.69, 9.17) is 23.7 Å². The van der Waals surface area contributed by atoms with Gasteiger partial charge in [0.25, 0.3) is 0 Å². The third kappa shape index (κ3) is 11.9. The van der Waals surface area contributed by atoms with Crippen LogP contribution in [0.3, 0.4) is 0 Å². The van der Waals surface area contributed by atoms with Gasteiger partial charge in [0.15, 0.2) is 18.0 Å². The highest BCUT2D eigenvalue weighted by Crippen LogP contribution is 2.22. The van der Waals surface area contributed by atoms with Crippen LogP contribution in [0.2, 0.25) is 0 Å². The number of Topliss-reactive ketones (excluding diaryl/α,β-unsaturated/α-hetero) is 1. The van der Waals surface area contributed by atoms with Gasteiger partial charge in [-0.3, -0.25) is 14.4 Å². The topological polar surface area (TPSA) is 132 Å². The highest BCUT2D eigenvalue weighted by molar-refractivity contribution is 5.84. The summed E-state index contributed by atoms with van der Waals surface area (Å²) in [4.78, 5) is 59.5. The van der Waals surface area contributed by atoms with Crippen molar-refractivity contribution in [1.29, 1.82) is 0 Å². The molecule has 0 bridgehead atoms. The maximum atomic E-state index is 12.9. The molecule has 3 atom stereocenters. The summed E-state index contributed by atoms with van der Waals surface area (Å²) in [5.74, 6) is -2.71. The monoisotopic (exact) mass is 524 g/mol. The highest BCUT2D eigenvalue weighted by atomic mass is 16.7. The summed E-state index contributed by atoms with van der Waals surface area (Å²) in [5.41, 5.74) is 0.338. The average Bonchev–Trinajstić information content (AvgIpc) is 2.79. The van der Waals surface area contributed by atoms with Crippen molar-refractivity contribution in [3.63, 3.8) is 0 Å². The Hall–Kier alpha value is -3.47. The van der Waals surface area contributed by atoms with E-state index in [1.54, 1.807) is 0 Å². The third-order valence-corrected chi connectivity index (χ3v) is 5.12. The zero-order valence-corrected chi connectivity index (χ0v) is 22.8. The molecular weight excluding hydrogens is 486 g/mol. The van der Waals surface area contributed by atoms with Crippen molar-refractivity contribution in [2.75, 3.05) is 34.4 Å². The zero-order chi connectivity index (χ0) is 28.4. The fraction of sp³-hybridized carbons (Fsp3) is 0.577. The summed E-state index contributed by atoms with van der Waals surface area (Å²) in [6.45, 7) is 6.29. The Morgan fingerprint density at radius 2 is 1.35 bits per heavy atom. The molecule has 1 aromatic carbocycles. The molecule has 0 fully saturated rings. The summed E-state index contributed by atoms with van der Waals surface area (Å²) < 4.78 is 25.9. The van der Waals surface area contributed by atoms with Gasteiger partial charge >= 0.3 is 24.1 Å². The van der Waals surface area contributed by atoms with E-state index < -0.39 is 54.9 Å². The number of benzene rings is 1. The molecule has 3 unspecified atom stereocenters. The number of ether oxygens (including phenoxy) is 5. The van der Waals surface area contributed by atoms with Crippen molar-refractivity contribution in [3.8, 4) is 0 Å². The molecule has 0 heterocycles. The van der Waals surface area contributed by atoms with Crippen molar-refractivity contribution >= 4 is 29.8 Å². The largest absolute Gasteiger partial charge is 0.509 e. The van der Waals surface area contributed by atoms with E-state index in [9.17, 15) is 24.0 Å². The molecule has 0 amide bonds. The molecule has 206 valence electrons. The first-order valence-corrected chi connectivity index (χ1v) is 11.8. The lowest BCUT2D eigenvalue weighted by molar-refractivity contribution is -0.884. The van der Waals surface area contributed by atoms with E-state index in [1.165, 1.54) is 34.6 Å². The number of hydrogen-bond donors (Lipinski definition) is 0. The molecule has 0 aliphatic rings. The fourth-order valence-electron chi connectivity index (χ4n) is 2.83.